The van der Waals surface area contributed by atoms with Crippen LogP contribution >= 0.6 is 0 Å². The molecule has 3 fully saturated rings. The Kier molecular flexibility index (Phi) is 4.75. The Bertz CT molecular complexity index is 721. The van der Waals surface area contributed by atoms with Crippen LogP contribution in [0.3, 0.4) is 0 Å². The summed E-state index contributed by atoms with van der Waals surface area (Å²) in [6, 6.07) is 0. The van der Waals surface area contributed by atoms with Crippen molar-refractivity contribution in [2.45, 2.75) is 96.7 Å². The minimum Gasteiger partial charge on any atom is -0.495 e. The molecule has 0 spiro atoms. The van der Waals surface area contributed by atoms with Gasteiger partial charge in [-0.3, -0.25) is 0 Å². The highest BCUT2D eigenvalue weighted by atomic mass is 16.5. The van der Waals surface area contributed by atoms with Gasteiger partial charge < -0.3 is 14.9 Å². The monoisotopic (exact) mass is 400 g/mol. The predicted molar refractivity (Wildman–Crippen MR) is 115 cm³/mol. The highest BCUT2D eigenvalue weighted by Gasteiger charge is 2.62. The first-order valence-electron chi connectivity index (χ1n) is 12.2. The lowest BCUT2D eigenvalue weighted by molar-refractivity contribution is -0.106. The summed E-state index contributed by atoms with van der Waals surface area (Å²) in [4.78, 5) is 0. The van der Waals surface area contributed by atoms with Gasteiger partial charge in [-0.1, -0.05) is 25.5 Å². The fourth-order valence-electron chi connectivity index (χ4n) is 8.65. The Morgan fingerprint density at radius 3 is 2.66 bits per heavy atom. The summed E-state index contributed by atoms with van der Waals surface area (Å²) in [6.45, 7) is 7.75. The van der Waals surface area contributed by atoms with Gasteiger partial charge in [0, 0.05) is 5.92 Å². The van der Waals surface area contributed by atoms with Gasteiger partial charge in [-0.25, -0.2) is 0 Å². The fourth-order valence-corrected chi connectivity index (χ4v) is 8.65. The summed E-state index contributed by atoms with van der Waals surface area (Å²) in [5.74, 6) is 3.32. The Hall–Kier alpha value is -0.800. The van der Waals surface area contributed by atoms with Crippen molar-refractivity contribution < 1.29 is 14.9 Å². The van der Waals surface area contributed by atoms with Gasteiger partial charge in [0.15, 0.2) is 0 Å². The zero-order valence-electron chi connectivity index (χ0n) is 18.6. The average molecular weight is 401 g/mol. The van der Waals surface area contributed by atoms with Gasteiger partial charge in [-0.05, 0) is 106 Å². The molecule has 29 heavy (non-hydrogen) atoms. The molecule has 0 aromatic heterocycles. The lowest BCUT2D eigenvalue weighted by Crippen LogP contribution is -2.53. The number of aliphatic hydroxyl groups excluding tert-OH is 1. The van der Waals surface area contributed by atoms with Crippen molar-refractivity contribution in [2.75, 3.05) is 6.61 Å². The number of aliphatic hydroxyl groups is 2. The number of fused-ring (bicyclic) bond motifs is 5. The number of hydrogen-bond acceptors (Lipinski definition) is 3. The topological polar surface area (TPSA) is 49.7 Å². The molecule has 0 aromatic rings. The molecule has 4 aliphatic carbocycles. The largest absolute Gasteiger partial charge is 0.495 e. The first kappa shape index (κ1) is 20.1. The molecule has 162 valence electrons. The lowest BCUT2D eigenvalue weighted by Gasteiger charge is -2.59. The van der Waals surface area contributed by atoms with Gasteiger partial charge >= 0.3 is 0 Å². The van der Waals surface area contributed by atoms with E-state index in [-0.39, 0.29) is 17.4 Å². The molecule has 3 saturated carbocycles. The maximum Gasteiger partial charge on any atom is 0.124 e. The highest BCUT2D eigenvalue weighted by molar-refractivity contribution is 5.26. The van der Waals surface area contributed by atoms with Crippen LogP contribution in [0.1, 0.15) is 85.0 Å². The second kappa shape index (κ2) is 6.85. The maximum atomic E-state index is 11.7. The van der Waals surface area contributed by atoms with Crippen molar-refractivity contribution in [3.63, 3.8) is 0 Å². The molecule has 5 aliphatic rings. The van der Waals surface area contributed by atoms with Crippen LogP contribution in [0.5, 0.6) is 0 Å². The van der Waals surface area contributed by atoms with Crippen molar-refractivity contribution in [1.82, 2.24) is 0 Å². The molecule has 0 amide bonds. The molecule has 0 bridgehead atoms. The summed E-state index contributed by atoms with van der Waals surface area (Å²) >= 11 is 0. The van der Waals surface area contributed by atoms with Crippen LogP contribution in [0.4, 0.5) is 0 Å². The van der Waals surface area contributed by atoms with Gasteiger partial charge in [0.25, 0.3) is 0 Å². The standard InChI is InChI=1S/C26H40O3/c1-24-13-11-18(27)16-17(24)7-8-19-20-9-10-22(25(20,2)14-12-21(19)24)26(3,28)23-6-4-5-15-29-23/h6-7,18-22,27-28H,4-5,8-16H2,1-3H3/t18?,19-,20-,21-,22-,24-,25-,26+/m0/s1. The molecule has 1 aliphatic heterocycles. The Morgan fingerprint density at radius 1 is 1.07 bits per heavy atom. The zero-order chi connectivity index (χ0) is 20.4. The van der Waals surface area contributed by atoms with E-state index in [4.69, 9.17) is 4.74 Å². The molecule has 1 unspecified atom stereocenters. The van der Waals surface area contributed by atoms with Gasteiger partial charge in [0.1, 0.15) is 11.4 Å². The number of rotatable bonds is 2. The molecular formula is C26H40O3. The number of hydrogen-bond donors (Lipinski definition) is 2. The Balaban J connectivity index is 1.43. The third-order valence-corrected chi connectivity index (χ3v) is 10.2. The SMILES string of the molecule is C[C@]12CC[C@H]3[C@@H](CC=C4CC(O)CC[C@@]43C)[C@@H]1CC[C@@H]2[C@@](C)(O)C1=CCCCO1. The number of allylic oxidation sites excluding steroid dienone is 2. The second-order valence-corrected chi connectivity index (χ2v) is 11.5. The van der Waals surface area contributed by atoms with Crippen LogP contribution in [0.25, 0.3) is 0 Å². The van der Waals surface area contributed by atoms with Crippen LogP contribution < -0.4 is 0 Å². The minimum absolute atomic E-state index is 0.130. The van der Waals surface area contributed by atoms with Crippen molar-refractivity contribution in [3.8, 4) is 0 Å². The third kappa shape index (κ3) is 2.90. The van der Waals surface area contributed by atoms with E-state index in [9.17, 15) is 10.2 Å². The summed E-state index contributed by atoms with van der Waals surface area (Å²) in [6.07, 6.45) is 15.6. The van der Waals surface area contributed by atoms with Crippen molar-refractivity contribution in [1.29, 1.82) is 0 Å². The normalized spacial score (nSPS) is 48.9. The van der Waals surface area contributed by atoms with Gasteiger partial charge in [0.2, 0.25) is 0 Å². The van der Waals surface area contributed by atoms with E-state index in [0.29, 0.717) is 11.3 Å². The van der Waals surface area contributed by atoms with Crippen molar-refractivity contribution in [2.24, 2.45) is 34.5 Å². The van der Waals surface area contributed by atoms with Crippen LogP contribution in [-0.2, 0) is 4.74 Å². The molecule has 3 nitrogen and oxygen atoms in total. The minimum atomic E-state index is -0.842. The fraction of sp³-hybridized carbons (Fsp3) is 0.846. The third-order valence-electron chi connectivity index (χ3n) is 10.2. The van der Waals surface area contributed by atoms with E-state index in [1.165, 1.54) is 25.7 Å². The van der Waals surface area contributed by atoms with E-state index in [1.54, 1.807) is 5.57 Å². The van der Waals surface area contributed by atoms with E-state index < -0.39 is 5.60 Å². The first-order chi connectivity index (χ1) is 13.8. The summed E-state index contributed by atoms with van der Waals surface area (Å²) in [7, 11) is 0. The molecule has 3 heteroatoms. The van der Waals surface area contributed by atoms with Crippen LogP contribution in [-0.4, -0.2) is 28.5 Å². The van der Waals surface area contributed by atoms with Crippen molar-refractivity contribution >= 4 is 0 Å². The van der Waals surface area contributed by atoms with E-state index >= 15 is 0 Å². The first-order valence-corrected chi connectivity index (χ1v) is 12.2. The quantitative estimate of drug-likeness (QED) is 0.613. The summed E-state index contributed by atoms with van der Waals surface area (Å²) < 4.78 is 5.96. The van der Waals surface area contributed by atoms with Crippen LogP contribution in [0, 0.1) is 34.5 Å². The van der Waals surface area contributed by atoms with Gasteiger partial charge in [0.05, 0.1) is 12.7 Å². The molecule has 0 radical (unpaired) electrons. The Labute approximate surface area is 176 Å². The Morgan fingerprint density at radius 2 is 1.90 bits per heavy atom. The van der Waals surface area contributed by atoms with Crippen LogP contribution in [0.15, 0.2) is 23.5 Å². The van der Waals surface area contributed by atoms with E-state index in [2.05, 4.69) is 26.0 Å². The van der Waals surface area contributed by atoms with Crippen LogP contribution in [0.2, 0.25) is 0 Å². The lowest BCUT2D eigenvalue weighted by atomic mass is 9.46. The smallest absolute Gasteiger partial charge is 0.124 e. The molecule has 0 saturated heterocycles. The predicted octanol–water partition coefficient (Wildman–Crippen LogP) is 5.37. The molecule has 2 N–H and O–H groups in total. The van der Waals surface area contributed by atoms with E-state index in [0.717, 1.165) is 62.7 Å². The highest BCUT2D eigenvalue weighted by Crippen LogP contribution is 2.68. The van der Waals surface area contributed by atoms with Gasteiger partial charge in [-0.15, -0.1) is 0 Å². The van der Waals surface area contributed by atoms with E-state index in [1.807, 2.05) is 6.92 Å². The van der Waals surface area contributed by atoms with Gasteiger partial charge in [-0.2, -0.15) is 0 Å². The molecular weight excluding hydrogens is 360 g/mol. The average Bonchev–Trinajstić information content (AvgIpc) is 3.07. The molecule has 1 heterocycles. The maximum absolute atomic E-state index is 11.7. The molecule has 8 atom stereocenters. The second-order valence-electron chi connectivity index (χ2n) is 11.5. The molecule has 5 rings (SSSR count). The molecule has 0 aromatic carbocycles. The van der Waals surface area contributed by atoms with Crippen molar-refractivity contribution in [3.05, 3.63) is 23.5 Å². The summed E-state index contributed by atoms with van der Waals surface area (Å²) in [5, 5.41) is 21.9. The number of ether oxygens (including phenoxy) is 1. The summed E-state index contributed by atoms with van der Waals surface area (Å²) in [5.41, 5.74) is 1.19. The zero-order valence-corrected chi connectivity index (χ0v) is 18.6.